The summed E-state index contributed by atoms with van der Waals surface area (Å²) in [5.41, 5.74) is 18.2. The van der Waals surface area contributed by atoms with Gasteiger partial charge in [-0.25, -0.2) is 0 Å². The Balaban J connectivity index is 4.42. The average Bonchev–Trinajstić information content (AvgIpc) is 3.13. The molecule has 0 fully saturated rings. The van der Waals surface area contributed by atoms with E-state index >= 15 is 0 Å². The van der Waals surface area contributed by atoms with Crippen LogP contribution in [0.4, 0.5) is 0 Å². The average molecular weight is 735 g/mol. The Kier molecular flexibility index (Phi) is 38.1. The van der Waals surface area contributed by atoms with Crippen LogP contribution in [0.25, 0.3) is 0 Å². The van der Waals surface area contributed by atoms with Gasteiger partial charge in [0.15, 0.2) is 0 Å². The molecule has 3 unspecified atom stereocenters. The van der Waals surface area contributed by atoms with Crippen molar-refractivity contribution in [2.24, 2.45) is 17.2 Å². The Labute approximate surface area is 323 Å². The van der Waals surface area contributed by atoms with E-state index in [0.29, 0.717) is 13.0 Å². The van der Waals surface area contributed by atoms with Crippen LogP contribution in [0.2, 0.25) is 0 Å². The Morgan fingerprint density at radius 1 is 0.538 bits per heavy atom. The third-order valence-corrected chi connectivity index (χ3v) is 10.3. The minimum Gasteiger partial charge on any atom is -0.353 e. The summed E-state index contributed by atoms with van der Waals surface area (Å²) in [7, 11) is 0. The smallest absolute Gasteiger partial charge is 0.241 e. The number of nitrogens with two attached hydrogens (primary N) is 3. The van der Waals surface area contributed by atoms with Crippen molar-refractivity contribution in [3.05, 3.63) is 12.2 Å². The van der Waals surface area contributed by atoms with Crippen molar-refractivity contribution in [3.63, 3.8) is 0 Å². The van der Waals surface area contributed by atoms with Crippen LogP contribution in [-0.2, 0) is 9.59 Å². The summed E-state index contributed by atoms with van der Waals surface area (Å²) >= 11 is 0. The lowest BCUT2D eigenvalue weighted by molar-refractivity contribution is -0.133. The molecule has 0 aliphatic carbocycles. The zero-order chi connectivity index (χ0) is 38.3. The SMILES string of the molecule is CCCCCCCC/C=C\CCCCCCCCN(CCCCCCCCCCCCCCCC)C(=O)C(N)CNC(=O)C(N)CCCNC(C)N. The highest BCUT2D eigenvalue weighted by Gasteiger charge is 2.22. The molecule has 0 aliphatic heterocycles. The summed E-state index contributed by atoms with van der Waals surface area (Å²) in [4.78, 5) is 28.0. The zero-order valence-electron chi connectivity index (χ0n) is 34.9. The largest absolute Gasteiger partial charge is 0.353 e. The lowest BCUT2D eigenvalue weighted by atomic mass is 10.0. The van der Waals surface area contributed by atoms with Crippen molar-refractivity contribution in [2.75, 3.05) is 26.2 Å². The fourth-order valence-corrected chi connectivity index (χ4v) is 6.83. The number of rotatable bonds is 40. The molecule has 0 saturated heterocycles. The van der Waals surface area contributed by atoms with E-state index in [1.54, 1.807) is 0 Å². The molecule has 0 radical (unpaired) electrons. The predicted molar refractivity (Wildman–Crippen MR) is 226 cm³/mol. The zero-order valence-corrected chi connectivity index (χ0v) is 34.9. The van der Waals surface area contributed by atoms with E-state index in [-0.39, 0.29) is 24.5 Å². The first-order valence-corrected chi connectivity index (χ1v) is 22.5. The lowest BCUT2D eigenvalue weighted by Crippen LogP contribution is -2.52. The van der Waals surface area contributed by atoms with Crippen LogP contribution in [0.15, 0.2) is 12.2 Å². The van der Waals surface area contributed by atoms with Crippen molar-refractivity contribution < 1.29 is 9.59 Å². The Morgan fingerprint density at radius 2 is 0.923 bits per heavy atom. The predicted octanol–water partition coefficient (Wildman–Crippen LogP) is 9.78. The number of hydrogen-bond donors (Lipinski definition) is 5. The van der Waals surface area contributed by atoms with E-state index in [1.807, 2.05) is 11.8 Å². The van der Waals surface area contributed by atoms with Gasteiger partial charge in [0.1, 0.15) is 6.04 Å². The summed E-state index contributed by atoms with van der Waals surface area (Å²) < 4.78 is 0. The molecule has 2 amide bonds. The Hall–Kier alpha value is -1.48. The van der Waals surface area contributed by atoms with E-state index in [9.17, 15) is 9.59 Å². The molecular weight excluding hydrogens is 645 g/mol. The quantitative estimate of drug-likeness (QED) is 0.0241. The van der Waals surface area contributed by atoms with Gasteiger partial charge in [0.05, 0.1) is 12.2 Å². The molecule has 8 N–H and O–H groups in total. The molecule has 52 heavy (non-hydrogen) atoms. The molecule has 0 heterocycles. The van der Waals surface area contributed by atoms with Crippen LogP contribution >= 0.6 is 0 Å². The molecule has 0 aliphatic rings. The van der Waals surface area contributed by atoms with Crippen molar-refractivity contribution >= 4 is 11.8 Å². The topological polar surface area (TPSA) is 140 Å². The highest BCUT2D eigenvalue weighted by molar-refractivity contribution is 5.84. The minimum atomic E-state index is -0.753. The van der Waals surface area contributed by atoms with Gasteiger partial charge in [-0.2, -0.15) is 0 Å². The highest BCUT2D eigenvalue weighted by atomic mass is 16.2. The molecule has 8 nitrogen and oxygen atoms in total. The first kappa shape index (κ1) is 50.5. The van der Waals surface area contributed by atoms with Crippen LogP contribution in [0, 0.1) is 0 Å². The van der Waals surface area contributed by atoms with Gasteiger partial charge < -0.3 is 32.7 Å². The fraction of sp³-hybridized carbons (Fsp3) is 0.909. The maximum atomic E-state index is 13.4. The summed E-state index contributed by atoms with van der Waals surface area (Å²) in [5, 5.41) is 5.96. The van der Waals surface area contributed by atoms with Crippen molar-refractivity contribution in [1.29, 1.82) is 0 Å². The molecule has 8 heteroatoms. The van der Waals surface area contributed by atoms with Gasteiger partial charge in [0.25, 0.3) is 0 Å². The molecule has 3 atom stereocenters. The minimum absolute atomic E-state index is 0.0579. The van der Waals surface area contributed by atoms with Gasteiger partial charge in [0.2, 0.25) is 11.8 Å². The normalized spacial score (nSPS) is 13.4. The molecule has 0 aromatic carbocycles. The maximum Gasteiger partial charge on any atom is 0.241 e. The molecule has 0 saturated carbocycles. The van der Waals surface area contributed by atoms with Gasteiger partial charge in [-0.1, -0.05) is 167 Å². The second-order valence-corrected chi connectivity index (χ2v) is 15.7. The second-order valence-electron chi connectivity index (χ2n) is 15.7. The first-order valence-electron chi connectivity index (χ1n) is 22.5. The molecular formula is C44H90N6O2. The number of carbonyl (C=O) groups excluding carboxylic acids is 2. The molecule has 0 bridgehead atoms. The fourth-order valence-electron chi connectivity index (χ4n) is 6.83. The first-order chi connectivity index (χ1) is 25.3. The Morgan fingerprint density at radius 3 is 1.33 bits per heavy atom. The van der Waals surface area contributed by atoms with Crippen LogP contribution < -0.4 is 27.8 Å². The highest BCUT2D eigenvalue weighted by Crippen LogP contribution is 2.14. The van der Waals surface area contributed by atoms with Gasteiger partial charge in [0, 0.05) is 19.6 Å². The maximum absolute atomic E-state index is 13.4. The standard InChI is InChI=1S/C44H90N6O2/c1-4-6-8-10-12-14-16-18-20-21-23-25-27-29-31-33-38-50(37-32-30-28-26-24-22-19-17-15-13-11-9-7-5-2)44(52)42(47)39-49-43(51)41(46)35-34-36-48-40(3)45/h18,20,40-42,48H,4-17,19,21-39,45-47H2,1-3H3,(H,49,51)/b20-18-. The molecule has 0 rings (SSSR count). The van der Waals surface area contributed by atoms with Crippen molar-refractivity contribution in [2.45, 2.75) is 232 Å². The summed E-state index contributed by atoms with van der Waals surface area (Å²) in [5.74, 6) is -0.312. The van der Waals surface area contributed by atoms with E-state index < -0.39 is 12.1 Å². The van der Waals surface area contributed by atoms with Crippen LogP contribution in [0.3, 0.4) is 0 Å². The number of carbonyl (C=O) groups is 2. The summed E-state index contributed by atoms with van der Waals surface area (Å²) in [6.07, 6.45) is 42.2. The number of hydrogen-bond acceptors (Lipinski definition) is 6. The van der Waals surface area contributed by atoms with Gasteiger partial charge in [-0.3, -0.25) is 9.59 Å². The van der Waals surface area contributed by atoms with E-state index in [1.165, 1.54) is 154 Å². The van der Waals surface area contributed by atoms with Gasteiger partial charge in [-0.05, 0) is 64.8 Å². The van der Waals surface area contributed by atoms with E-state index in [2.05, 4.69) is 36.6 Å². The molecule has 0 aromatic heterocycles. The lowest BCUT2D eigenvalue weighted by Gasteiger charge is -2.26. The number of nitrogens with zero attached hydrogens (tertiary/aromatic N) is 1. The summed E-state index contributed by atoms with van der Waals surface area (Å²) in [6.45, 7) is 8.75. The monoisotopic (exact) mass is 735 g/mol. The number of unbranched alkanes of at least 4 members (excludes halogenated alkanes) is 25. The third kappa shape index (κ3) is 34.3. The second kappa shape index (κ2) is 39.2. The van der Waals surface area contributed by atoms with Crippen molar-refractivity contribution in [1.82, 2.24) is 15.5 Å². The van der Waals surface area contributed by atoms with Crippen molar-refractivity contribution in [3.8, 4) is 0 Å². The number of nitrogens with one attached hydrogen (secondary N) is 2. The van der Waals surface area contributed by atoms with E-state index in [0.717, 1.165) is 45.2 Å². The molecule has 308 valence electrons. The van der Waals surface area contributed by atoms with Crippen LogP contribution in [0.5, 0.6) is 0 Å². The third-order valence-electron chi connectivity index (χ3n) is 10.3. The van der Waals surface area contributed by atoms with Crippen LogP contribution in [-0.4, -0.2) is 61.1 Å². The Bertz CT molecular complexity index is 808. The number of allylic oxidation sites excluding steroid dienone is 2. The number of amides is 2. The summed E-state index contributed by atoms with van der Waals surface area (Å²) in [6, 6.07) is -1.37. The van der Waals surface area contributed by atoms with Crippen LogP contribution in [0.1, 0.15) is 213 Å². The molecule has 0 spiro atoms. The van der Waals surface area contributed by atoms with E-state index in [4.69, 9.17) is 17.2 Å². The molecule has 0 aromatic rings. The van der Waals surface area contributed by atoms with Gasteiger partial charge in [-0.15, -0.1) is 0 Å². The van der Waals surface area contributed by atoms with Gasteiger partial charge >= 0.3 is 0 Å².